The molecule has 0 aliphatic carbocycles. The highest BCUT2D eigenvalue weighted by Crippen LogP contribution is 2.14. The second-order valence-electron chi connectivity index (χ2n) is 4.96. The van der Waals surface area contributed by atoms with E-state index in [9.17, 15) is 4.79 Å². The maximum absolute atomic E-state index is 11.7. The van der Waals surface area contributed by atoms with Crippen molar-refractivity contribution in [2.75, 3.05) is 19.7 Å². The summed E-state index contributed by atoms with van der Waals surface area (Å²) in [7, 11) is 0. The molecule has 1 heterocycles. The molecule has 0 unspecified atom stereocenters. The van der Waals surface area contributed by atoms with Crippen LogP contribution in [0.5, 0.6) is 5.75 Å². The summed E-state index contributed by atoms with van der Waals surface area (Å²) in [5.41, 5.74) is 3.85. The molecule has 6 heteroatoms. The van der Waals surface area contributed by atoms with Gasteiger partial charge in [-0.15, -0.1) is 0 Å². The zero-order valence-corrected chi connectivity index (χ0v) is 12.7. The van der Waals surface area contributed by atoms with Crippen molar-refractivity contribution in [3.63, 3.8) is 0 Å². The number of amidine groups is 1. The van der Waals surface area contributed by atoms with Crippen molar-refractivity contribution >= 4 is 11.7 Å². The van der Waals surface area contributed by atoms with Crippen molar-refractivity contribution in [1.82, 2.24) is 10.4 Å². The highest BCUT2D eigenvalue weighted by Gasteiger charge is 2.20. The van der Waals surface area contributed by atoms with E-state index in [1.807, 2.05) is 30.3 Å². The van der Waals surface area contributed by atoms with Gasteiger partial charge in [-0.3, -0.25) is 20.2 Å². The Morgan fingerprint density at radius 3 is 2.86 bits per heavy atom. The minimum absolute atomic E-state index is 0.0997. The lowest BCUT2D eigenvalue weighted by atomic mass is 10.2. The molecule has 0 saturated heterocycles. The number of aliphatic imine (C=N–C) groups is 1. The number of ether oxygens (including phenoxy) is 1. The molecule has 0 bridgehead atoms. The third-order valence-corrected chi connectivity index (χ3v) is 3.26. The zero-order valence-electron chi connectivity index (χ0n) is 12.7. The van der Waals surface area contributed by atoms with Crippen LogP contribution in [0.25, 0.3) is 0 Å². The van der Waals surface area contributed by atoms with Gasteiger partial charge in [0.05, 0.1) is 25.6 Å². The van der Waals surface area contributed by atoms with Crippen LogP contribution in [0.4, 0.5) is 0 Å². The fourth-order valence-corrected chi connectivity index (χ4v) is 2.00. The molecule has 0 aromatic heterocycles. The van der Waals surface area contributed by atoms with Crippen molar-refractivity contribution in [2.45, 2.75) is 26.2 Å². The number of nitrogens with one attached hydrogen (secondary N) is 1. The van der Waals surface area contributed by atoms with Gasteiger partial charge in [-0.25, -0.2) is 0 Å². The van der Waals surface area contributed by atoms with Crippen LogP contribution in [0.2, 0.25) is 0 Å². The normalized spacial score (nSPS) is 14.1. The number of nitrogens with zero attached hydrogens (tertiary/aromatic N) is 3. The topological polar surface area (TPSA) is 77.7 Å². The second kappa shape index (κ2) is 8.03. The summed E-state index contributed by atoms with van der Waals surface area (Å²) in [5.74, 6) is 1.34. The molecule has 0 spiro atoms. The maximum Gasteiger partial charge on any atom is 0.262 e. The van der Waals surface area contributed by atoms with Gasteiger partial charge in [0.1, 0.15) is 18.1 Å². The lowest BCUT2D eigenvalue weighted by molar-refractivity contribution is -0.132. The minimum Gasteiger partial charge on any atom is -0.494 e. The molecule has 1 aromatic rings. The van der Waals surface area contributed by atoms with Gasteiger partial charge in [0.25, 0.3) is 5.91 Å². The van der Waals surface area contributed by atoms with Crippen molar-refractivity contribution in [2.24, 2.45) is 4.99 Å². The van der Waals surface area contributed by atoms with E-state index in [2.05, 4.69) is 17.3 Å². The van der Waals surface area contributed by atoms with Gasteiger partial charge < -0.3 is 4.74 Å². The SMILES string of the molecule is CCCCOc1ccc(C2=NCC(=O)N(CCC#N)N2)cc1. The van der Waals surface area contributed by atoms with Crippen LogP contribution in [-0.2, 0) is 4.79 Å². The lowest BCUT2D eigenvalue weighted by Gasteiger charge is -2.27. The van der Waals surface area contributed by atoms with E-state index in [0.717, 1.165) is 24.2 Å². The number of hydrogen-bond donors (Lipinski definition) is 1. The number of benzene rings is 1. The van der Waals surface area contributed by atoms with E-state index in [-0.39, 0.29) is 18.9 Å². The summed E-state index contributed by atoms with van der Waals surface area (Å²) < 4.78 is 5.62. The summed E-state index contributed by atoms with van der Waals surface area (Å²) in [5, 5.41) is 10.1. The summed E-state index contributed by atoms with van der Waals surface area (Å²) in [6.07, 6.45) is 2.42. The van der Waals surface area contributed by atoms with Crippen LogP contribution in [0, 0.1) is 11.3 Å². The highest BCUT2D eigenvalue weighted by molar-refractivity contribution is 6.02. The lowest BCUT2D eigenvalue weighted by Crippen LogP contribution is -2.51. The molecule has 1 N–H and O–H groups in total. The first-order valence-electron chi connectivity index (χ1n) is 7.46. The molecule has 1 aliphatic rings. The standard InChI is InChI=1S/C16H20N4O2/c1-2-3-11-22-14-7-5-13(6-8-14)16-18-12-15(21)20(19-16)10-4-9-17/h5-8H,2-4,10-12H2,1H3,(H,18,19). The number of carbonyl (C=O) groups is 1. The first kappa shape index (κ1) is 15.8. The second-order valence-corrected chi connectivity index (χ2v) is 4.96. The zero-order chi connectivity index (χ0) is 15.8. The third kappa shape index (κ3) is 4.22. The number of nitriles is 1. The van der Waals surface area contributed by atoms with Gasteiger partial charge in [0.15, 0.2) is 0 Å². The average molecular weight is 300 g/mol. The molecule has 6 nitrogen and oxygen atoms in total. The molecular weight excluding hydrogens is 280 g/mol. The van der Waals surface area contributed by atoms with Gasteiger partial charge in [-0.05, 0) is 30.7 Å². The number of rotatable bonds is 7. The van der Waals surface area contributed by atoms with Crippen molar-refractivity contribution in [3.8, 4) is 11.8 Å². The predicted octanol–water partition coefficient (Wildman–Crippen LogP) is 1.87. The number of amides is 1. The summed E-state index contributed by atoms with van der Waals surface area (Å²) >= 11 is 0. The van der Waals surface area contributed by atoms with Gasteiger partial charge in [0.2, 0.25) is 0 Å². The fraction of sp³-hybridized carbons (Fsp3) is 0.438. The Kier molecular flexibility index (Phi) is 5.78. The van der Waals surface area contributed by atoms with E-state index in [0.29, 0.717) is 19.0 Å². The number of carbonyl (C=O) groups excluding carboxylic acids is 1. The average Bonchev–Trinajstić information content (AvgIpc) is 2.55. The van der Waals surface area contributed by atoms with Crippen molar-refractivity contribution in [3.05, 3.63) is 29.8 Å². The van der Waals surface area contributed by atoms with E-state index < -0.39 is 0 Å². The largest absolute Gasteiger partial charge is 0.494 e. The molecule has 22 heavy (non-hydrogen) atoms. The Balaban J connectivity index is 1.99. The van der Waals surface area contributed by atoms with E-state index in [1.165, 1.54) is 5.01 Å². The first-order chi connectivity index (χ1) is 10.7. The van der Waals surface area contributed by atoms with E-state index in [4.69, 9.17) is 10.00 Å². The Morgan fingerprint density at radius 1 is 1.41 bits per heavy atom. The number of hydrazine groups is 1. The summed E-state index contributed by atoms with van der Waals surface area (Å²) in [4.78, 5) is 15.9. The van der Waals surface area contributed by atoms with E-state index >= 15 is 0 Å². The summed E-state index contributed by atoms with van der Waals surface area (Å²) in [6, 6.07) is 9.64. The van der Waals surface area contributed by atoms with Crippen LogP contribution >= 0.6 is 0 Å². The van der Waals surface area contributed by atoms with Crippen LogP contribution in [0.3, 0.4) is 0 Å². The maximum atomic E-state index is 11.7. The number of unbranched alkanes of at least 4 members (excludes halogenated alkanes) is 1. The molecule has 0 saturated carbocycles. The van der Waals surface area contributed by atoms with Gasteiger partial charge in [-0.2, -0.15) is 5.26 Å². The van der Waals surface area contributed by atoms with Gasteiger partial charge in [-0.1, -0.05) is 13.3 Å². The minimum atomic E-state index is -0.126. The quantitative estimate of drug-likeness (QED) is 0.780. The van der Waals surface area contributed by atoms with E-state index in [1.54, 1.807) is 0 Å². The molecule has 1 aromatic carbocycles. The molecule has 116 valence electrons. The van der Waals surface area contributed by atoms with Crippen LogP contribution in [-0.4, -0.2) is 36.4 Å². The van der Waals surface area contributed by atoms with Crippen molar-refractivity contribution in [1.29, 1.82) is 5.26 Å². The van der Waals surface area contributed by atoms with Crippen molar-refractivity contribution < 1.29 is 9.53 Å². The molecule has 0 atom stereocenters. The monoisotopic (exact) mass is 300 g/mol. The molecule has 0 radical (unpaired) electrons. The molecule has 1 aliphatic heterocycles. The Hall–Kier alpha value is -2.55. The Bertz CT molecular complexity index is 575. The Morgan fingerprint density at radius 2 is 2.18 bits per heavy atom. The van der Waals surface area contributed by atoms with Crippen LogP contribution in [0.15, 0.2) is 29.3 Å². The fourth-order valence-electron chi connectivity index (χ4n) is 2.00. The molecular formula is C16H20N4O2. The first-order valence-corrected chi connectivity index (χ1v) is 7.46. The molecule has 0 fully saturated rings. The number of hydrogen-bond acceptors (Lipinski definition) is 5. The molecule has 2 rings (SSSR count). The van der Waals surface area contributed by atoms with Crippen LogP contribution < -0.4 is 10.2 Å². The van der Waals surface area contributed by atoms with Gasteiger partial charge in [0, 0.05) is 5.56 Å². The molecule has 1 amide bonds. The van der Waals surface area contributed by atoms with Crippen LogP contribution in [0.1, 0.15) is 31.7 Å². The highest BCUT2D eigenvalue weighted by atomic mass is 16.5. The van der Waals surface area contributed by atoms with Gasteiger partial charge >= 0.3 is 0 Å². The smallest absolute Gasteiger partial charge is 0.262 e. The third-order valence-electron chi connectivity index (χ3n) is 3.26. The Labute approximate surface area is 130 Å². The summed E-state index contributed by atoms with van der Waals surface area (Å²) in [6.45, 7) is 3.29. The predicted molar refractivity (Wildman–Crippen MR) is 83.3 cm³/mol.